The quantitative estimate of drug-likeness (QED) is 0.687. The summed E-state index contributed by atoms with van der Waals surface area (Å²) in [4.78, 5) is 10.1. The molecule has 2 aromatic carbocycles. The number of nitro benzene ring substituents is 1. The first-order valence-corrected chi connectivity index (χ1v) is 6.17. The van der Waals surface area contributed by atoms with Crippen molar-refractivity contribution >= 4 is 27.3 Å². The van der Waals surface area contributed by atoms with E-state index in [-0.39, 0.29) is 5.69 Å². The Balaban J connectivity index is 1.97. The predicted molar refractivity (Wildman–Crippen MR) is 74.6 cm³/mol. The van der Waals surface area contributed by atoms with E-state index in [9.17, 15) is 10.1 Å². The van der Waals surface area contributed by atoms with Gasteiger partial charge in [-0.3, -0.25) is 10.1 Å². The molecule has 2 aromatic rings. The van der Waals surface area contributed by atoms with Gasteiger partial charge in [0.2, 0.25) is 0 Å². The van der Waals surface area contributed by atoms with Crippen LogP contribution in [-0.4, -0.2) is 4.92 Å². The van der Waals surface area contributed by atoms with E-state index in [0.29, 0.717) is 6.54 Å². The fraction of sp³-hybridized carbons (Fsp3) is 0.0769. The van der Waals surface area contributed by atoms with Crippen LogP contribution in [0, 0.1) is 10.1 Å². The zero-order valence-corrected chi connectivity index (χ0v) is 11.1. The van der Waals surface area contributed by atoms with Gasteiger partial charge in [0.1, 0.15) is 0 Å². The van der Waals surface area contributed by atoms with Gasteiger partial charge in [0, 0.05) is 28.8 Å². The van der Waals surface area contributed by atoms with Crippen molar-refractivity contribution in [2.75, 3.05) is 5.32 Å². The standard InChI is InChI=1S/C13H11BrN2O2/c14-11-3-5-12(6-4-11)15-9-10-1-7-13(8-2-10)16(17)18/h1-8,15H,9H2. The Bertz CT molecular complexity index is 538. The van der Waals surface area contributed by atoms with Crippen molar-refractivity contribution in [1.82, 2.24) is 0 Å². The van der Waals surface area contributed by atoms with Crippen molar-refractivity contribution < 1.29 is 4.92 Å². The van der Waals surface area contributed by atoms with Crippen LogP contribution < -0.4 is 5.32 Å². The van der Waals surface area contributed by atoms with Gasteiger partial charge in [-0.2, -0.15) is 0 Å². The van der Waals surface area contributed by atoms with Gasteiger partial charge >= 0.3 is 0 Å². The van der Waals surface area contributed by atoms with E-state index in [1.54, 1.807) is 12.1 Å². The molecular weight excluding hydrogens is 296 g/mol. The summed E-state index contributed by atoms with van der Waals surface area (Å²) in [6.45, 7) is 0.639. The SMILES string of the molecule is O=[N+]([O-])c1ccc(CNc2ccc(Br)cc2)cc1. The van der Waals surface area contributed by atoms with Crippen LogP contribution in [0.15, 0.2) is 53.0 Å². The Hall–Kier alpha value is -1.88. The molecule has 92 valence electrons. The number of halogens is 1. The molecular formula is C13H11BrN2O2. The highest BCUT2D eigenvalue weighted by molar-refractivity contribution is 9.10. The lowest BCUT2D eigenvalue weighted by molar-refractivity contribution is -0.384. The maximum atomic E-state index is 10.5. The second-order valence-electron chi connectivity index (χ2n) is 3.78. The summed E-state index contributed by atoms with van der Waals surface area (Å²) in [6, 6.07) is 14.4. The van der Waals surface area contributed by atoms with Crippen molar-refractivity contribution in [1.29, 1.82) is 0 Å². The van der Waals surface area contributed by atoms with Gasteiger partial charge in [-0.15, -0.1) is 0 Å². The monoisotopic (exact) mass is 306 g/mol. The highest BCUT2D eigenvalue weighted by Crippen LogP contribution is 2.16. The van der Waals surface area contributed by atoms with Crippen LogP contribution in [-0.2, 0) is 6.54 Å². The first-order chi connectivity index (χ1) is 8.65. The molecule has 0 fully saturated rings. The molecule has 0 heterocycles. The van der Waals surface area contributed by atoms with Gasteiger partial charge in [-0.05, 0) is 29.8 Å². The normalized spacial score (nSPS) is 10.1. The molecule has 0 atom stereocenters. The third-order valence-corrected chi connectivity index (χ3v) is 3.02. The third-order valence-electron chi connectivity index (χ3n) is 2.49. The minimum absolute atomic E-state index is 0.113. The van der Waals surface area contributed by atoms with Gasteiger partial charge in [0.15, 0.2) is 0 Å². The number of non-ortho nitro benzene ring substituents is 1. The van der Waals surface area contributed by atoms with Crippen molar-refractivity contribution in [2.24, 2.45) is 0 Å². The molecule has 5 heteroatoms. The van der Waals surface area contributed by atoms with Gasteiger partial charge in [0.05, 0.1) is 4.92 Å². The van der Waals surface area contributed by atoms with Crippen LogP contribution in [0.4, 0.5) is 11.4 Å². The molecule has 0 saturated carbocycles. The maximum absolute atomic E-state index is 10.5. The molecule has 1 N–H and O–H groups in total. The van der Waals surface area contributed by atoms with Crippen molar-refractivity contribution in [2.45, 2.75) is 6.54 Å². The molecule has 0 aromatic heterocycles. The Morgan fingerprint density at radius 2 is 1.67 bits per heavy atom. The van der Waals surface area contributed by atoms with Crippen molar-refractivity contribution in [3.63, 3.8) is 0 Å². The molecule has 0 spiro atoms. The molecule has 0 unspecified atom stereocenters. The van der Waals surface area contributed by atoms with Gasteiger partial charge < -0.3 is 5.32 Å². The topological polar surface area (TPSA) is 55.2 Å². The number of nitrogens with zero attached hydrogens (tertiary/aromatic N) is 1. The smallest absolute Gasteiger partial charge is 0.269 e. The first kappa shape index (κ1) is 12.6. The number of nitrogens with one attached hydrogen (secondary N) is 1. The molecule has 18 heavy (non-hydrogen) atoms. The van der Waals surface area contributed by atoms with Crippen LogP contribution >= 0.6 is 15.9 Å². The largest absolute Gasteiger partial charge is 0.381 e. The minimum atomic E-state index is -0.397. The molecule has 0 radical (unpaired) electrons. The molecule has 2 rings (SSSR count). The highest BCUT2D eigenvalue weighted by atomic mass is 79.9. The predicted octanol–water partition coefficient (Wildman–Crippen LogP) is 3.97. The van der Waals surface area contributed by atoms with Crippen LogP contribution in [0.25, 0.3) is 0 Å². The molecule has 0 bridgehead atoms. The summed E-state index contributed by atoms with van der Waals surface area (Å²) in [5.74, 6) is 0. The maximum Gasteiger partial charge on any atom is 0.269 e. The van der Waals surface area contributed by atoms with Crippen LogP contribution in [0.3, 0.4) is 0 Å². The summed E-state index contributed by atoms with van der Waals surface area (Å²) in [5, 5.41) is 13.8. The van der Waals surface area contributed by atoms with Gasteiger partial charge in [-0.1, -0.05) is 28.1 Å². The lowest BCUT2D eigenvalue weighted by Gasteiger charge is -2.06. The number of benzene rings is 2. The number of anilines is 1. The van der Waals surface area contributed by atoms with E-state index in [1.165, 1.54) is 12.1 Å². The average molecular weight is 307 g/mol. The average Bonchev–Trinajstić information content (AvgIpc) is 2.38. The second-order valence-corrected chi connectivity index (χ2v) is 4.70. The van der Waals surface area contributed by atoms with Crippen molar-refractivity contribution in [3.8, 4) is 0 Å². The van der Waals surface area contributed by atoms with Crippen molar-refractivity contribution in [3.05, 3.63) is 68.7 Å². The number of rotatable bonds is 4. The molecule has 0 saturated heterocycles. The van der Waals surface area contributed by atoms with E-state index >= 15 is 0 Å². The summed E-state index contributed by atoms with van der Waals surface area (Å²) < 4.78 is 1.03. The number of hydrogen-bond donors (Lipinski definition) is 1. The Labute approximate surface area is 113 Å². The molecule has 4 nitrogen and oxygen atoms in total. The Morgan fingerprint density at radius 1 is 1.06 bits per heavy atom. The summed E-state index contributed by atoms with van der Waals surface area (Å²) >= 11 is 3.37. The fourth-order valence-corrected chi connectivity index (χ4v) is 1.77. The molecule has 0 amide bonds. The van der Waals surface area contributed by atoms with Gasteiger partial charge in [0.25, 0.3) is 5.69 Å². The van der Waals surface area contributed by atoms with E-state index in [1.807, 2.05) is 24.3 Å². The highest BCUT2D eigenvalue weighted by Gasteiger charge is 2.03. The zero-order chi connectivity index (χ0) is 13.0. The number of nitro groups is 1. The van der Waals surface area contributed by atoms with E-state index < -0.39 is 4.92 Å². The van der Waals surface area contributed by atoms with E-state index in [4.69, 9.17) is 0 Å². The van der Waals surface area contributed by atoms with Crippen LogP contribution in [0.5, 0.6) is 0 Å². The lowest BCUT2D eigenvalue weighted by atomic mass is 10.2. The Morgan fingerprint density at radius 3 is 2.22 bits per heavy atom. The summed E-state index contributed by atoms with van der Waals surface area (Å²) in [7, 11) is 0. The second kappa shape index (κ2) is 5.64. The van der Waals surface area contributed by atoms with Gasteiger partial charge in [-0.25, -0.2) is 0 Å². The Kier molecular flexibility index (Phi) is 3.94. The third kappa shape index (κ3) is 3.30. The molecule has 0 aliphatic rings. The molecule has 0 aliphatic carbocycles. The minimum Gasteiger partial charge on any atom is -0.381 e. The molecule has 0 aliphatic heterocycles. The first-order valence-electron chi connectivity index (χ1n) is 5.38. The van der Waals surface area contributed by atoms with Crippen LogP contribution in [0.2, 0.25) is 0 Å². The lowest BCUT2D eigenvalue weighted by Crippen LogP contribution is -1.99. The van der Waals surface area contributed by atoms with E-state index in [2.05, 4.69) is 21.2 Å². The zero-order valence-electron chi connectivity index (χ0n) is 9.47. The number of hydrogen-bond acceptors (Lipinski definition) is 3. The van der Waals surface area contributed by atoms with Crippen LogP contribution in [0.1, 0.15) is 5.56 Å². The fourth-order valence-electron chi connectivity index (χ4n) is 1.51. The summed E-state index contributed by atoms with van der Waals surface area (Å²) in [6.07, 6.45) is 0. The van der Waals surface area contributed by atoms with E-state index in [0.717, 1.165) is 15.7 Å². The summed E-state index contributed by atoms with van der Waals surface area (Å²) in [5.41, 5.74) is 2.13.